The van der Waals surface area contributed by atoms with Crippen molar-refractivity contribution in [3.05, 3.63) is 5.01 Å². The van der Waals surface area contributed by atoms with E-state index < -0.39 is 12.1 Å². The van der Waals surface area contributed by atoms with Crippen molar-refractivity contribution in [1.29, 1.82) is 0 Å². The van der Waals surface area contributed by atoms with Gasteiger partial charge in [0.25, 0.3) is 0 Å². The van der Waals surface area contributed by atoms with Gasteiger partial charge in [-0.25, -0.2) is 4.79 Å². The molecule has 0 unspecified atom stereocenters. The molecule has 0 aliphatic heterocycles. The van der Waals surface area contributed by atoms with Gasteiger partial charge < -0.3 is 10.1 Å². The number of anilines is 1. The van der Waals surface area contributed by atoms with Crippen molar-refractivity contribution in [1.82, 2.24) is 15.5 Å². The zero-order valence-corrected chi connectivity index (χ0v) is 13.2. The van der Waals surface area contributed by atoms with Gasteiger partial charge in [-0.2, -0.15) is 0 Å². The molecule has 1 aromatic heterocycles. The molecule has 1 saturated carbocycles. The van der Waals surface area contributed by atoms with Crippen LogP contribution in [0.4, 0.5) is 9.93 Å². The van der Waals surface area contributed by atoms with Gasteiger partial charge in [0.15, 0.2) is 0 Å². The Bertz CT molecular complexity index is 513. The Kier molecular flexibility index (Phi) is 5.11. The lowest BCUT2D eigenvalue weighted by Gasteiger charge is -2.20. The van der Waals surface area contributed by atoms with Crippen molar-refractivity contribution >= 4 is 28.5 Å². The molecule has 1 aliphatic rings. The Morgan fingerprint density at radius 2 is 2.10 bits per heavy atom. The van der Waals surface area contributed by atoms with Crippen LogP contribution in [0.5, 0.6) is 0 Å². The average molecular weight is 312 g/mol. The second kappa shape index (κ2) is 6.84. The van der Waals surface area contributed by atoms with Crippen molar-refractivity contribution in [3.63, 3.8) is 0 Å². The number of hydrogen-bond donors (Lipinski definition) is 2. The molecule has 1 aromatic rings. The first-order chi connectivity index (χ1) is 10.0. The zero-order chi connectivity index (χ0) is 15.4. The summed E-state index contributed by atoms with van der Waals surface area (Å²) in [4.78, 5) is 23.7. The van der Waals surface area contributed by atoms with Gasteiger partial charge in [-0.05, 0) is 25.7 Å². The summed E-state index contributed by atoms with van der Waals surface area (Å²) in [5, 5.41) is 14.7. The topological polar surface area (TPSA) is 93.2 Å². The van der Waals surface area contributed by atoms with Crippen LogP contribution in [-0.4, -0.2) is 34.8 Å². The van der Waals surface area contributed by atoms with Gasteiger partial charge >= 0.3 is 6.09 Å². The number of nitrogens with one attached hydrogen (secondary N) is 2. The van der Waals surface area contributed by atoms with Crippen LogP contribution in [0.3, 0.4) is 0 Å². The van der Waals surface area contributed by atoms with Crippen LogP contribution in [0.25, 0.3) is 0 Å². The highest BCUT2D eigenvalue weighted by Crippen LogP contribution is 2.42. The second-order valence-corrected chi connectivity index (χ2v) is 6.30. The maximum absolute atomic E-state index is 12.2. The van der Waals surface area contributed by atoms with E-state index in [9.17, 15) is 9.59 Å². The highest BCUT2D eigenvalue weighted by molar-refractivity contribution is 7.15. The van der Waals surface area contributed by atoms with Crippen LogP contribution < -0.4 is 10.6 Å². The molecular weight excluding hydrogens is 292 g/mol. The number of hydrogen-bond acceptors (Lipinski definition) is 6. The van der Waals surface area contributed by atoms with Gasteiger partial charge in [-0.3, -0.25) is 10.1 Å². The van der Waals surface area contributed by atoms with Gasteiger partial charge in [0, 0.05) is 5.92 Å². The summed E-state index contributed by atoms with van der Waals surface area (Å²) in [6.07, 6.45) is 1.69. The molecule has 8 heteroatoms. The van der Waals surface area contributed by atoms with Crippen LogP contribution in [0, 0.1) is 5.92 Å². The summed E-state index contributed by atoms with van der Waals surface area (Å²) in [5.41, 5.74) is 0. The first-order valence-corrected chi connectivity index (χ1v) is 7.90. The molecule has 2 amide bonds. The van der Waals surface area contributed by atoms with Crippen LogP contribution in [-0.2, 0) is 9.53 Å². The van der Waals surface area contributed by atoms with Gasteiger partial charge in [-0.15, -0.1) is 10.2 Å². The number of ether oxygens (including phenoxy) is 1. The first kappa shape index (κ1) is 15.7. The average Bonchev–Trinajstić information content (AvgIpc) is 3.17. The highest BCUT2D eigenvalue weighted by Gasteiger charge is 2.29. The van der Waals surface area contributed by atoms with E-state index in [0.717, 1.165) is 17.8 Å². The molecule has 0 spiro atoms. The third-order valence-corrected chi connectivity index (χ3v) is 4.10. The first-order valence-electron chi connectivity index (χ1n) is 7.08. The molecule has 2 rings (SSSR count). The largest absolute Gasteiger partial charge is 0.450 e. The van der Waals surface area contributed by atoms with E-state index in [1.807, 2.05) is 13.8 Å². The lowest BCUT2D eigenvalue weighted by atomic mass is 10.0. The fourth-order valence-corrected chi connectivity index (χ4v) is 2.71. The number of carbonyl (C=O) groups excluding carboxylic acids is 2. The number of amides is 2. The lowest BCUT2D eigenvalue weighted by Crippen LogP contribution is -2.47. The highest BCUT2D eigenvalue weighted by atomic mass is 32.1. The number of nitrogens with zero attached hydrogens (tertiary/aromatic N) is 2. The molecule has 21 heavy (non-hydrogen) atoms. The molecule has 0 bridgehead atoms. The number of rotatable bonds is 6. The molecule has 0 saturated heterocycles. The van der Waals surface area contributed by atoms with Crippen LogP contribution in [0.1, 0.15) is 44.5 Å². The van der Waals surface area contributed by atoms with E-state index in [2.05, 4.69) is 20.8 Å². The summed E-state index contributed by atoms with van der Waals surface area (Å²) < 4.78 is 4.81. The second-order valence-electron chi connectivity index (χ2n) is 5.30. The van der Waals surface area contributed by atoms with Crippen LogP contribution in [0.15, 0.2) is 0 Å². The Morgan fingerprint density at radius 3 is 2.67 bits per heavy atom. The molecular formula is C13H20N4O3S. The predicted molar refractivity (Wildman–Crippen MR) is 79.3 cm³/mol. The minimum Gasteiger partial charge on any atom is -0.450 e. The van der Waals surface area contributed by atoms with Gasteiger partial charge in [0.1, 0.15) is 11.0 Å². The van der Waals surface area contributed by atoms with E-state index in [1.54, 1.807) is 6.92 Å². The summed E-state index contributed by atoms with van der Waals surface area (Å²) in [6.45, 7) is 5.68. The summed E-state index contributed by atoms with van der Waals surface area (Å²) in [5.74, 6) is 0.133. The van der Waals surface area contributed by atoms with Crippen LogP contribution in [0.2, 0.25) is 0 Å². The lowest BCUT2D eigenvalue weighted by molar-refractivity contribution is -0.119. The standard InChI is InChI=1S/C13H20N4O3S/c1-4-20-13(19)14-9(7(2)3)10(18)15-12-17-16-11(21-12)8-5-6-8/h7-9H,4-6H2,1-3H3,(H,14,19)(H,15,17,18)/t9-/m1/s1. The van der Waals surface area contributed by atoms with Gasteiger partial charge in [0.05, 0.1) is 6.61 Å². The van der Waals surface area contributed by atoms with E-state index in [-0.39, 0.29) is 18.4 Å². The van der Waals surface area contributed by atoms with E-state index >= 15 is 0 Å². The fraction of sp³-hybridized carbons (Fsp3) is 0.692. The number of carbonyl (C=O) groups is 2. The maximum atomic E-state index is 12.2. The Balaban J connectivity index is 1.95. The van der Waals surface area contributed by atoms with Crippen molar-refractivity contribution in [2.24, 2.45) is 5.92 Å². The minimum absolute atomic E-state index is 0.0646. The summed E-state index contributed by atoms with van der Waals surface area (Å²) in [6, 6.07) is -0.669. The molecule has 0 radical (unpaired) electrons. The molecule has 1 fully saturated rings. The number of aromatic nitrogens is 2. The predicted octanol–water partition coefficient (Wildman–Crippen LogP) is 2.12. The molecule has 1 aliphatic carbocycles. The zero-order valence-electron chi connectivity index (χ0n) is 12.4. The minimum atomic E-state index is -0.669. The monoisotopic (exact) mass is 312 g/mol. The molecule has 2 N–H and O–H groups in total. The fourth-order valence-electron chi connectivity index (χ4n) is 1.80. The normalized spacial score (nSPS) is 15.6. The number of alkyl carbamates (subject to hydrolysis) is 1. The Labute approximate surface area is 127 Å². The third-order valence-electron chi connectivity index (χ3n) is 3.10. The van der Waals surface area contributed by atoms with E-state index in [4.69, 9.17) is 4.74 Å². The van der Waals surface area contributed by atoms with Gasteiger partial charge in [-0.1, -0.05) is 25.2 Å². The third kappa shape index (κ3) is 4.38. The van der Waals surface area contributed by atoms with Crippen molar-refractivity contribution in [3.8, 4) is 0 Å². The quantitative estimate of drug-likeness (QED) is 0.839. The van der Waals surface area contributed by atoms with Crippen LogP contribution >= 0.6 is 11.3 Å². The molecule has 1 heterocycles. The maximum Gasteiger partial charge on any atom is 0.407 e. The summed E-state index contributed by atoms with van der Waals surface area (Å²) in [7, 11) is 0. The molecule has 7 nitrogen and oxygen atoms in total. The van der Waals surface area contributed by atoms with Crippen molar-refractivity contribution in [2.45, 2.75) is 45.6 Å². The molecule has 0 aromatic carbocycles. The Morgan fingerprint density at radius 1 is 1.38 bits per heavy atom. The van der Waals surface area contributed by atoms with Crippen molar-refractivity contribution in [2.75, 3.05) is 11.9 Å². The van der Waals surface area contributed by atoms with E-state index in [0.29, 0.717) is 11.0 Å². The SMILES string of the molecule is CCOC(=O)N[C@@H](C(=O)Nc1nnc(C2CC2)s1)C(C)C. The Hall–Kier alpha value is -1.70. The van der Waals surface area contributed by atoms with Crippen molar-refractivity contribution < 1.29 is 14.3 Å². The molecule has 116 valence electrons. The smallest absolute Gasteiger partial charge is 0.407 e. The summed E-state index contributed by atoms with van der Waals surface area (Å²) >= 11 is 1.39. The molecule has 1 atom stereocenters. The van der Waals surface area contributed by atoms with Gasteiger partial charge in [0.2, 0.25) is 11.0 Å². The van der Waals surface area contributed by atoms with E-state index in [1.165, 1.54) is 11.3 Å².